The van der Waals surface area contributed by atoms with Crippen molar-refractivity contribution in [3.05, 3.63) is 89.7 Å². The number of amides is 1. The van der Waals surface area contributed by atoms with Crippen LogP contribution in [0.3, 0.4) is 0 Å². The highest BCUT2D eigenvalue weighted by molar-refractivity contribution is 6.12. The molecular weight excluding hydrogens is 298 g/mol. The van der Waals surface area contributed by atoms with Crippen molar-refractivity contribution in [2.45, 2.75) is 13.1 Å². The van der Waals surface area contributed by atoms with Crippen molar-refractivity contribution < 1.29 is 4.79 Å². The number of carbonyl (C=O) groups is 1. The number of nitrogens with one attached hydrogen (secondary N) is 1. The molecule has 0 bridgehead atoms. The Morgan fingerprint density at radius 2 is 1.67 bits per heavy atom. The second-order valence-corrected chi connectivity index (χ2v) is 5.88. The van der Waals surface area contributed by atoms with Gasteiger partial charge in [0.05, 0.1) is 5.56 Å². The standard InChI is InChI=1S/C20H17N3O/c1-14-6-8-16(9-7-14)23-19(15-10-12-21-13-11-15)22-18-5-3-2-4-17(18)20(23)24/h2-13,19,22H,1H3. The van der Waals surface area contributed by atoms with Crippen LogP contribution in [0.15, 0.2) is 73.1 Å². The van der Waals surface area contributed by atoms with Gasteiger partial charge >= 0.3 is 0 Å². The Kier molecular flexibility index (Phi) is 3.50. The summed E-state index contributed by atoms with van der Waals surface area (Å²) in [5, 5.41) is 3.48. The van der Waals surface area contributed by atoms with Crippen LogP contribution in [0.5, 0.6) is 0 Å². The van der Waals surface area contributed by atoms with Crippen LogP contribution in [0.4, 0.5) is 11.4 Å². The third-order valence-corrected chi connectivity index (χ3v) is 4.26. The first kappa shape index (κ1) is 14.5. The van der Waals surface area contributed by atoms with Crippen molar-refractivity contribution in [2.24, 2.45) is 0 Å². The summed E-state index contributed by atoms with van der Waals surface area (Å²) in [6.45, 7) is 2.04. The number of aryl methyl sites for hydroxylation is 1. The fourth-order valence-electron chi connectivity index (χ4n) is 3.00. The van der Waals surface area contributed by atoms with E-state index in [2.05, 4.69) is 10.3 Å². The first-order valence-corrected chi connectivity index (χ1v) is 7.90. The van der Waals surface area contributed by atoms with E-state index in [1.165, 1.54) is 0 Å². The van der Waals surface area contributed by atoms with Crippen LogP contribution in [-0.2, 0) is 0 Å². The Morgan fingerprint density at radius 3 is 2.42 bits per heavy atom. The lowest BCUT2D eigenvalue weighted by molar-refractivity contribution is 0.0975. The molecule has 2 heterocycles. The van der Waals surface area contributed by atoms with E-state index in [1.54, 1.807) is 17.3 Å². The lowest BCUT2D eigenvalue weighted by Gasteiger charge is -2.38. The van der Waals surface area contributed by atoms with E-state index < -0.39 is 0 Å². The first-order chi connectivity index (χ1) is 11.7. The molecule has 1 aliphatic heterocycles. The van der Waals surface area contributed by atoms with E-state index in [-0.39, 0.29) is 12.1 Å². The maximum Gasteiger partial charge on any atom is 0.262 e. The lowest BCUT2D eigenvalue weighted by atomic mass is 10.0. The van der Waals surface area contributed by atoms with Gasteiger partial charge in [0.25, 0.3) is 5.91 Å². The topological polar surface area (TPSA) is 45.2 Å². The Balaban J connectivity index is 1.86. The van der Waals surface area contributed by atoms with Gasteiger partial charge in [-0.15, -0.1) is 0 Å². The SMILES string of the molecule is Cc1ccc(N2C(=O)c3ccccc3NC2c2ccncc2)cc1. The summed E-state index contributed by atoms with van der Waals surface area (Å²) in [5.41, 5.74) is 4.57. The Hall–Kier alpha value is -3.14. The quantitative estimate of drug-likeness (QED) is 0.772. The summed E-state index contributed by atoms with van der Waals surface area (Å²) in [6.07, 6.45) is 3.23. The first-order valence-electron chi connectivity index (χ1n) is 7.90. The predicted octanol–water partition coefficient (Wildman–Crippen LogP) is 4.16. The third kappa shape index (κ3) is 2.42. The number of rotatable bonds is 2. The molecule has 4 heteroatoms. The van der Waals surface area contributed by atoms with Crippen LogP contribution < -0.4 is 10.2 Å². The van der Waals surface area contributed by atoms with E-state index >= 15 is 0 Å². The van der Waals surface area contributed by atoms with Gasteiger partial charge in [0.2, 0.25) is 0 Å². The van der Waals surface area contributed by atoms with Crippen LogP contribution in [0.25, 0.3) is 0 Å². The highest BCUT2D eigenvalue weighted by atomic mass is 16.2. The van der Waals surface area contributed by atoms with Gasteiger partial charge in [-0.2, -0.15) is 0 Å². The molecule has 4 nitrogen and oxygen atoms in total. The molecule has 0 saturated heterocycles. The van der Waals surface area contributed by atoms with Crippen molar-refractivity contribution in [3.8, 4) is 0 Å². The number of aromatic nitrogens is 1. The normalized spacial score (nSPS) is 16.5. The third-order valence-electron chi connectivity index (χ3n) is 4.26. The smallest absolute Gasteiger partial charge is 0.262 e. The summed E-state index contributed by atoms with van der Waals surface area (Å²) in [5.74, 6) is -0.00462. The minimum absolute atomic E-state index is 0.00462. The molecule has 24 heavy (non-hydrogen) atoms. The highest BCUT2D eigenvalue weighted by Crippen LogP contribution is 2.36. The molecule has 0 fully saturated rings. The molecule has 0 saturated carbocycles. The van der Waals surface area contributed by atoms with Crippen molar-refractivity contribution >= 4 is 17.3 Å². The minimum Gasteiger partial charge on any atom is -0.360 e. The molecule has 0 spiro atoms. The molecule has 0 aliphatic carbocycles. The van der Waals surface area contributed by atoms with E-state index in [0.29, 0.717) is 5.56 Å². The molecule has 1 aliphatic rings. The number of pyridine rings is 1. The molecule has 1 amide bonds. The zero-order valence-electron chi connectivity index (χ0n) is 13.3. The van der Waals surface area contributed by atoms with Crippen molar-refractivity contribution in [1.29, 1.82) is 0 Å². The molecule has 1 N–H and O–H groups in total. The molecular formula is C20H17N3O. The van der Waals surface area contributed by atoms with Gasteiger partial charge in [-0.1, -0.05) is 29.8 Å². The van der Waals surface area contributed by atoms with Gasteiger partial charge in [-0.3, -0.25) is 14.7 Å². The van der Waals surface area contributed by atoms with Crippen LogP contribution in [0.2, 0.25) is 0 Å². The van der Waals surface area contributed by atoms with Gasteiger partial charge in [-0.05, 0) is 48.9 Å². The predicted molar refractivity (Wildman–Crippen MR) is 95.0 cm³/mol. The maximum atomic E-state index is 13.2. The van der Waals surface area contributed by atoms with Crippen molar-refractivity contribution in [3.63, 3.8) is 0 Å². The number of hydrogen-bond donors (Lipinski definition) is 1. The van der Waals surface area contributed by atoms with Gasteiger partial charge in [-0.25, -0.2) is 0 Å². The Labute approximate surface area is 140 Å². The van der Waals surface area contributed by atoms with Gasteiger partial charge in [0.1, 0.15) is 6.17 Å². The fraction of sp³-hybridized carbons (Fsp3) is 0.100. The summed E-state index contributed by atoms with van der Waals surface area (Å²) in [4.78, 5) is 19.0. The molecule has 1 unspecified atom stereocenters. The maximum absolute atomic E-state index is 13.2. The molecule has 4 rings (SSSR count). The zero-order chi connectivity index (χ0) is 16.5. The largest absolute Gasteiger partial charge is 0.360 e. The number of benzene rings is 2. The number of para-hydroxylation sites is 1. The summed E-state index contributed by atoms with van der Waals surface area (Å²) >= 11 is 0. The Bertz CT molecular complexity index is 875. The average Bonchev–Trinajstić information content (AvgIpc) is 2.63. The molecule has 1 aromatic heterocycles. The van der Waals surface area contributed by atoms with Crippen LogP contribution in [0, 0.1) is 6.92 Å². The fourth-order valence-corrected chi connectivity index (χ4v) is 3.00. The van der Waals surface area contributed by atoms with Crippen LogP contribution >= 0.6 is 0 Å². The molecule has 118 valence electrons. The van der Waals surface area contributed by atoms with Crippen molar-refractivity contribution in [2.75, 3.05) is 10.2 Å². The minimum atomic E-state index is -0.266. The zero-order valence-corrected chi connectivity index (χ0v) is 13.3. The molecule has 1 atom stereocenters. The van der Waals surface area contributed by atoms with Crippen LogP contribution in [-0.4, -0.2) is 10.9 Å². The summed E-state index contributed by atoms with van der Waals surface area (Å²) in [6, 6.07) is 19.5. The van der Waals surface area contributed by atoms with E-state index in [1.807, 2.05) is 67.6 Å². The van der Waals surface area contributed by atoms with Crippen molar-refractivity contribution in [1.82, 2.24) is 4.98 Å². The van der Waals surface area contributed by atoms with E-state index in [9.17, 15) is 4.79 Å². The monoisotopic (exact) mass is 315 g/mol. The van der Waals surface area contributed by atoms with Gasteiger partial charge in [0, 0.05) is 23.8 Å². The highest BCUT2D eigenvalue weighted by Gasteiger charge is 2.33. The summed E-state index contributed by atoms with van der Waals surface area (Å²) < 4.78 is 0. The molecule has 3 aromatic rings. The second kappa shape index (κ2) is 5.81. The number of hydrogen-bond acceptors (Lipinski definition) is 3. The summed E-state index contributed by atoms with van der Waals surface area (Å²) in [7, 11) is 0. The number of anilines is 2. The number of nitrogens with zero attached hydrogens (tertiary/aromatic N) is 2. The van der Waals surface area contributed by atoms with E-state index in [0.717, 1.165) is 22.5 Å². The molecule has 2 aromatic carbocycles. The van der Waals surface area contributed by atoms with Gasteiger partial charge in [0.15, 0.2) is 0 Å². The average molecular weight is 315 g/mol. The lowest BCUT2D eigenvalue weighted by Crippen LogP contribution is -2.43. The second-order valence-electron chi connectivity index (χ2n) is 5.88. The van der Waals surface area contributed by atoms with E-state index in [4.69, 9.17) is 0 Å². The number of fused-ring (bicyclic) bond motifs is 1. The number of carbonyl (C=O) groups excluding carboxylic acids is 1. The Morgan fingerprint density at radius 1 is 0.958 bits per heavy atom. The van der Waals surface area contributed by atoms with Gasteiger partial charge < -0.3 is 5.32 Å². The van der Waals surface area contributed by atoms with Crippen LogP contribution in [0.1, 0.15) is 27.7 Å². The molecule has 0 radical (unpaired) electrons.